The molecule has 0 aliphatic carbocycles. The van der Waals surface area contributed by atoms with Crippen LogP contribution in [0.5, 0.6) is 0 Å². The topological polar surface area (TPSA) is 93.4 Å². The fourth-order valence-electron chi connectivity index (χ4n) is 1.92. The van der Waals surface area contributed by atoms with Crippen LogP contribution in [0.1, 0.15) is 23.1 Å². The second kappa shape index (κ2) is 6.19. The zero-order valence-electron chi connectivity index (χ0n) is 11.7. The molecule has 21 heavy (non-hydrogen) atoms. The highest BCUT2D eigenvalue weighted by atomic mass is 16.5. The van der Waals surface area contributed by atoms with Crippen LogP contribution < -0.4 is 5.32 Å². The summed E-state index contributed by atoms with van der Waals surface area (Å²) in [5.74, 6) is -1.29. The molecule has 2 aromatic rings. The summed E-state index contributed by atoms with van der Waals surface area (Å²) >= 11 is 0. The van der Waals surface area contributed by atoms with Crippen molar-refractivity contribution in [3.05, 3.63) is 41.7 Å². The Morgan fingerprint density at radius 2 is 2.14 bits per heavy atom. The maximum atomic E-state index is 11.1. The Balaban J connectivity index is 2.44. The Bertz CT molecular complexity index is 679. The molecule has 1 aromatic carbocycles. The van der Waals surface area contributed by atoms with Crippen LogP contribution in [0.15, 0.2) is 30.3 Å². The number of hydrogen-bond donors (Lipinski definition) is 2. The Kier molecular flexibility index (Phi) is 4.34. The minimum atomic E-state index is -1.11. The average molecular weight is 289 g/mol. The number of carbonyl (C=O) groups excluding carboxylic acids is 1. The SMILES string of the molecule is COCc1cc(C(=O)O)nn1-c1cccc(NC(C)=O)c1. The molecule has 0 atom stereocenters. The van der Waals surface area contributed by atoms with Crippen molar-refractivity contribution in [2.75, 3.05) is 12.4 Å². The molecule has 7 nitrogen and oxygen atoms in total. The molecule has 0 radical (unpaired) electrons. The second-order valence-corrected chi connectivity index (χ2v) is 4.40. The predicted octanol–water partition coefficient (Wildman–Crippen LogP) is 1.68. The summed E-state index contributed by atoms with van der Waals surface area (Å²) < 4.78 is 6.54. The van der Waals surface area contributed by atoms with Gasteiger partial charge < -0.3 is 15.2 Å². The molecule has 2 rings (SSSR count). The summed E-state index contributed by atoms with van der Waals surface area (Å²) in [6.07, 6.45) is 0. The van der Waals surface area contributed by atoms with Gasteiger partial charge in [0.05, 0.1) is 18.0 Å². The number of rotatable bonds is 5. The first kappa shape index (κ1) is 14.7. The highest BCUT2D eigenvalue weighted by Crippen LogP contribution is 2.18. The monoisotopic (exact) mass is 289 g/mol. The van der Waals surface area contributed by atoms with E-state index in [0.29, 0.717) is 17.1 Å². The van der Waals surface area contributed by atoms with E-state index in [-0.39, 0.29) is 18.2 Å². The van der Waals surface area contributed by atoms with Crippen LogP contribution in [-0.2, 0) is 16.1 Å². The summed E-state index contributed by atoms with van der Waals surface area (Å²) in [4.78, 5) is 22.1. The maximum Gasteiger partial charge on any atom is 0.356 e. The Morgan fingerprint density at radius 3 is 2.76 bits per heavy atom. The molecule has 0 unspecified atom stereocenters. The number of aromatic carboxylic acids is 1. The first-order valence-electron chi connectivity index (χ1n) is 6.20. The van der Waals surface area contributed by atoms with Gasteiger partial charge in [-0.15, -0.1) is 0 Å². The highest BCUT2D eigenvalue weighted by Gasteiger charge is 2.14. The lowest BCUT2D eigenvalue weighted by molar-refractivity contribution is -0.114. The first-order chi connectivity index (χ1) is 10.0. The van der Waals surface area contributed by atoms with Crippen molar-refractivity contribution >= 4 is 17.6 Å². The van der Waals surface area contributed by atoms with Crippen molar-refractivity contribution in [3.8, 4) is 5.69 Å². The third kappa shape index (κ3) is 3.46. The molecule has 0 saturated carbocycles. The molecule has 1 aromatic heterocycles. The molecule has 0 aliphatic heterocycles. The zero-order chi connectivity index (χ0) is 15.4. The lowest BCUT2D eigenvalue weighted by Crippen LogP contribution is -2.08. The van der Waals surface area contributed by atoms with Gasteiger partial charge in [0.2, 0.25) is 5.91 Å². The summed E-state index contributed by atoms with van der Waals surface area (Å²) in [7, 11) is 1.52. The van der Waals surface area contributed by atoms with Crippen LogP contribution in [0.3, 0.4) is 0 Å². The standard InChI is InChI=1S/C14H15N3O4/c1-9(18)15-10-4-3-5-11(6-10)17-12(8-21-2)7-13(16-17)14(19)20/h3-7H,8H2,1-2H3,(H,15,18)(H,19,20). The second-order valence-electron chi connectivity index (χ2n) is 4.40. The molecule has 1 amide bonds. The normalized spacial score (nSPS) is 10.4. The van der Waals surface area contributed by atoms with Gasteiger partial charge in [-0.2, -0.15) is 5.10 Å². The van der Waals surface area contributed by atoms with E-state index in [1.54, 1.807) is 24.3 Å². The number of amides is 1. The van der Waals surface area contributed by atoms with E-state index in [2.05, 4.69) is 10.4 Å². The largest absolute Gasteiger partial charge is 0.476 e. The van der Waals surface area contributed by atoms with Crippen molar-refractivity contribution < 1.29 is 19.4 Å². The van der Waals surface area contributed by atoms with Gasteiger partial charge >= 0.3 is 5.97 Å². The molecule has 0 aliphatic rings. The van der Waals surface area contributed by atoms with Gasteiger partial charge in [0, 0.05) is 19.7 Å². The van der Waals surface area contributed by atoms with Crippen LogP contribution in [0.4, 0.5) is 5.69 Å². The van der Waals surface area contributed by atoms with Crippen LogP contribution >= 0.6 is 0 Å². The van der Waals surface area contributed by atoms with Gasteiger partial charge in [-0.05, 0) is 24.3 Å². The fraction of sp³-hybridized carbons (Fsp3) is 0.214. The molecular weight excluding hydrogens is 274 g/mol. The number of methoxy groups -OCH3 is 1. The van der Waals surface area contributed by atoms with Gasteiger partial charge in [-0.1, -0.05) is 6.07 Å². The number of hydrogen-bond acceptors (Lipinski definition) is 4. The van der Waals surface area contributed by atoms with Crippen LogP contribution in [0, 0.1) is 0 Å². The van der Waals surface area contributed by atoms with Crippen molar-refractivity contribution in [2.24, 2.45) is 0 Å². The van der Waals surface area contributed by atoms with Crippen molar-refractivity contribution in [1.29, 1.82) is 0 Å². The summed E-state index contributed by atoms with van der Waals surface area (Å²) in [6.45, 7) is 1.64. The smallest absolute Gasteiger partial charge is 0.356 e. The van der Waals surface area contributed by atoms with Gasteiger partial charge in [0.15, 0.2) is 5.69 Å². The third-order valence-corrected chi connectivity index (χ3v) is 2.71. The van der Waals surface area contributed by atoms with E-state index < -0.39 is 5.97 Å². The molecule has 0 saturated heterocycles. The van der Waals surface area contributed by atoms with E-state index in [1.165, 1.54) is 24.8 Å². The van der Waals surface area contributed by atoms with Gasteiger partial charge in [-0.25, -0.2) is 9.48 Å². The van der Waals surface area contributed by atoms with E-state index in [9.17, 15) is 9.59 Å². The Morgan fingerprint density at radius 1 is 1.38 bits per heavy atom. The van der Waals surface area contributed by atoms with Crippen molar-refractivity contribution in [2.45, 2.75) is 13.5 Å². The minimum Gasteiger partial charge on any atom is -0.476 e. The molecule has 7 heteroatoms. The maximum absolute atomic E-state index is 11.1. The number of carboxylic acids is 1. The van der Waals surface area contributed by atoms with Gasteiger partial charge in [0.1, 0.15) is 0 Å². The van der Waals surface area contributed by atoms with Gasteiger partial charge in [-0.3, -0.25) is 4.79 Å². The predicted molar refractivity (Wildman–Crippen MR) is 75.5 cm³/mol. The van der Waals surface area contributed by atoms with E-state index >= 15 is 0 Å². The number of carbonyl (C=O) groups is 2. The molecule has 110 valence electrons. The number of benzene rings is 1. The summed E-state index contributed by atoms with van der Waals surface area (Å²) in [5.41, 5.74) is 1.79. The number of nitrogens with zero attached hydrogens (tertiary/aromatic N) is 2. The number of nitrogens with one attached hydrogen (secondary N) is 1. The zero-order valence-corrected chi connectivity index (χ0v) is 11.7. The number of anilines is 1. The molecular formula is C14H15N3O4. The summed E-state index contributed by atoms with van der Waals surface area (Å²) in [5, 5.41) is 15.7. The Hall–Kier alpha value is -2.67. The third-order valence-electron chi connectivity index (χ3n) is 2.71. The van der Waals surface area contributed by atoms with Crippen molar-refractivity contribution in [3.63, 3.8) is 0 Å². The first-order valence-corrected chi connectivity index (χ1v) is 6.20. The van der Waals surface area contributed by atoms with Crippen LogP contribution in [0.2, 0.25) is 0 Å². The molecule has 0 spiro atoms. The number of aromatic nitrogens is 2. The van der Waals surface area contributed by atoms with Gasteiger partial charge in [0.25, 0.3) is 0 Å². The summed E-state index contributed by atoms with van der Waals surface area (Å²) in [6, 6.07) is 8.42. The van der Waals surface area contributed by atoms with E-state index in [4.69, 9.17) is 9.84 Å². The fourth-order valence-corrected chi connectivity index (χ4v) is 1.92. The minimum absolute atomic E-state index is 0.0630. The highest BCUT2D eigenvalue weighted by molar-refractivity contribution is 5.89. The lowest BCUT2D eigenvalue weighted by Gasteiger charge is -2.09. The molecule has 0 bridgehead atoms. The molecule has 0 fully saturated rings. The average Bonchev–Trinajstić information content (AvgIpc) is 2.83. The molecule has 2 N–H and O–H groups in total. The van der Waals surface area contributed by atoms with Crippen LogP contribution in [0.25, 0.3) is 5.69 Å². The van der Waals surface area contributed by atoms with E-state index in [1.807, 2.05) is 0 Å². The Labute approximate surface area is 121 Å². The quantitative estimate of drug-likeness (QED) is 0.873. The van der Waals surface area contributed by atoms with Crippen molar-refractivity contribution in [1.82, 2.24) is 9.78 Å². The van der Waals surface area contributed by atoms with E-state index in [0.717, 1.165) is 0 Å². The van der Waals surface area contributed by atoms with Crippen LogP contribution in [-0.4, -0.2) is 33.9 Å². The number of carboxylic acid groups (broad SMARTS) is 1. The lowest BCUT2D eigenvalue weighted by atomic mass is 10.2. The number of ether oxygens (including phenoxy) is 1. The molecule has 1 heterocycles.